The van der Waals surface area contributed by atoms with Gasteiger partial charge in [-0.05, 0) is 20.3 Å². The zero-order valence-corrected chi connectivity index (χ0v) is 17.6. The number of rotatable bonds is 7. The lowest BCUT2D eigenvalue weighted by molar-refractivity contribution is 0.0538. The average molecular weight is 423 g/mol. The fourth-order valence-electron chi connectivity index (χ4n) is 3.33. The number of hydrogen-bond donors (Lipinski definition) is 3. The molecule has 0 bridgehead atoms. The Morgan fingerprint density at radius 3 is 2.72 bits per heavy atom. The summed E-state index contributed by atoms with van der Waals surface area (Å²) in [6, 6.07) is -0.194. The van der Waals surface area contributed by atoms with Crippen molar-refractivity contribution >= 4 is 28.3 Å². The molecule has 0 radical (unpaired) electrons. The molecule has 3 rings (SSSR count). The van der Waals surface area contributed by atoms with Crippen molar-refractivity contribution in [3.05, 3.63) is 27.8 Å². The first kappa shape index (κ1) is 21.2. The number of piperidine rings is 1. The van der Waals surface area contributed by atoms with E-state index < -0.39 is 5.97 Å². The van der Waals surface area contributed by atoms with E-state index in [0.29, 0.717) is 42.6 Å². The maximum atomic E-state index is 12.6. The molecule has 2 aromatic heterocycles. The summed E-state index contributed by atoms with van der Waals surface area (Å²) in [5.74, 6) is -1.03. The van der Waals surface area contributed by atoms with Gasteiger partial charge in [-0.1, -0.05) is 11.3 Å². The van der Waals surface area contributed by atoms with E-state index in [1.807, 2.05) is 11.8 Å². The van der Waals surface area contributed by atoms with Crippen molar-refractivity contribution in [2.45, 2.75) is 39.0 Å². The highest BCUT2D eigenvalue weighted by Crippen LogP contribution is 2.29. The second kappa shape index (κ2) is 8.89. The lowest BCUT2D eigenvalue weighted by Gasteiger charge is -2.37. The van der Waals surface area contributed by atoms with Crippen molar-refractivity contribution in [2.75, 3.05) is 32.2 Å². The normalized spacial score (nSPS) is 19.4. The zero-order valence-electron chi connectivity index (χ0n) is 16.8. The first-order valence-electron chi connectivity index (χ1n) is 9.17. The van der Waals surface area contributed by atoms with Crippen LogP contribution >= 0.6 is 11.3 Å². The van der Waals surface area contributed by atoms with Crippen LogP contribution in [0.3, 0.4) is 0 Å². The molecule has 158 valence electrons. The Morgan fingerprint density at radius 2 is 2.10 bits per heavy atom. The van der Waals surface area contributed by atoms with Crippen molar-refractivity contribution in [2.24, 2.45) is 0 Å². The minimum Gasteiger partial charge on any atom is -0.477 e. The van der Waals surface area contributed by atoms with E-state index in [1.54, 1.807) is 21.1 Å². The third-order valence-electron chi connectivity index (χ3n) is 4.91. The highest BCUT2D eigenvalue weighted by Gasteiger charge is 2.33. The van der Waals surface area contributed by atoms with Crippen LogP contribution in [0.4, 0.5) is 5.13 Å². The van der Waals surface area contributed by atoms with E-state index >= 15 is 0 Å². The van der Waals surface area contributed by atoms with E-state index in [1.165, 1.54) is 0 Å². The number of aromatic carboxylic acids is 1. The molecule has 1 amide bonds. The summed E-state index contributed by atoms with van der Waals surface area (Å²) in [5.41, 5.74) is 1.99. The third kappa shape index (κ3) is 4.57. The van der Waals surface area contributed by atoms with Crippen molar-refractivity contribution in [3.63, 3.8) is 0 Å². The number of amides is 1. The molecule has 3 N–H and O–H groups in total. The van der Waals surface area contributed by atoms with Crippen LogP contribution in [0.2, 0.25) is 0 Å². The molecule has 10 nitrogen and oxygen atoms in total. The Labute approximate surface area is 172 Å². The Morgan fingerprint density at radius 1 is 1.34 bits per heavy atom. The van der Waals surface area contributed by atoms with Gasteiger partial charge >= 0.3 is 5.97 Å². The van der Waals surface area contributed by atoms with Crippen LogP contribution in [0.5, 0.6) is 0 Å². The minimum atomic E-state index is -0.974. The second-order valence-electron chi connectivity index (χ2n) is 6.90. The summed E-state index contributed by atoms with van der Waals surface area (Å²) in [4.78, 5) is 37.8. The topological polar surface area (TPSA) is 130 Å². The first-order valence-corrected chi connectivity index (χ1v) is 9.99. The van der Waals surface area contributed by atoms with Crippen molar-refractivity contribution in [3.8, 4) is 0 Å². The molecule has 1 saturated heterocycles. The molecular formula is C18H25N5O5S. The number of aromatic nitrogens is 3. The van der Waals surface area contributed by atoms with Crippen LogP contribution in [0.15, 0.2) is 0 Å². The van der Waals surface area contributed by atoms with Gasteiger partial charge in [0.15, 0.2) is 11.0 Å². The summed E-state index contributed by atoms with van der Waals surface area (Å²) < 4.78 is 10.7. The van der Waals surface area contributed by atoms with Gasteiger partial charge in [0.05, 0.1) is 30.1 Å². The molecule has 0 unspecified atom stereocenters. The van der Waals surface area contributed by atoms with E-state index in [4.69, 9.17) is 9.47 Å². The first-order chi connectivity index (χ1) is 13.8. The molecule has 3 heterocycles. The molecule has 2 atom stereocenters. The Kier molecular flexibility index (Phi) is 6.50. The van der Waals surface area contributed by atoms with Crippen molar-refractivity contribution in [1.29, 1.82) is 0 Å². The predicted octanol–water partition coefficient (Wildman–Crippen LogP) is 1.35. The van der Waals surface area contributed by atoms with E-state index in [0.717, 1.165) is 17.0 Å². The maximum Gasteiger partial charge on any atom is 0.347 e. The molecule has 1 aliphatic rings. The smallest absolute Gasteiger partial charge is 0.347 e. The molecule has 11 heteroatoms. The van der Waals surface area contributed by atoms with Crippen molar-refractivity contribution < 1.29 is 24.2 Å². The molecular weight excluding hydrogens is 398 g/mol. The van der Waals surface area contributed by atoms with Gasteiger partial charge in [-0.3, -0.25) is 4.79 Å². The molecule has 0 spiro atoms. The fraction of sp³-hybridized carbons (Fsp3) is 0.556. The minimum absolute atomic E-state index is 0.194. The number of carbonyl (C=O) groups is 2. The van der Waals surface area contributed by atoms with Gasteiger partial charge in [0.1, 0.15) is 4.88 Å². The number of carbonyl (C=O) groups excluding carboxylic acids is 1. The standard InChI is InChI=1S/C18H25N5O5S/c1-9-12(8-27-3)21-15(19-9)16(24)22-11-5-6-23(7-13(11)28-4)18-20-10(2)14(29-18)17(25)26/h11,13H,5-8H2,1-4H3,(H,19,21)(H,22,24)(H,25,26)/t11-,13+/m1/s1. The zero-order chi connectivity index (χ0) is 21.1. The number of nitrogens with zero attached hydrogens (tertiary/aromatic N) is 3. The van der Waals surface area contributed by atoms with Crippen molar-refractivity contribution in [1.82, 2.24) is 20.3 Å². The highest BCUT2D eigenvalue weighted by atomic mass is 32.1. The van der Waals surface area contributed by atoms with Gasteiger partial charge in [0.2, 0.25) is 0 Å². The number of hydrogen-bond acceptors (Lipinski definition) is 8. The van der Waals surface area contributed by atoms with Crippen LogP contribution in [-0.4, -0.2) is 71.4 Å². The summed E-state index contributed by atoms with van der Waals surface area (Å²) in [7, 11) is 3.17. The number of imidazole rings is 1. The summed E-state index contributed by atoms with van der Waals surface area (Å²) >= 11 is 1.15. The second-order valence-corrected chi connectivity index (χ2v) is 7.87. The lowest BCUT2D eigenvalue weighted by atomic mass is 10.0. The largest absolute Gasteiger partial charge is 0.477 e. The van der Waals surface area contributed by atoms with Gasteiger partial charge in [-0.15, -0.1) is 0 Å². The highest BCUT2D eigenvalue weighted by molar-refractivity contribution is 7.17. The van der Waals surface area contributed by atoms with Crippen LogP contribution in [0, 0.1) is 13.8 Å². The van der Waals surface area contributed by atoms with E-state index in [9.17, 15) is 14.7 Å². The maximum absolute atomic E-state index is 12.6. The van der Waals surface area contributed by atoms with Gasteiger partial charge < -0.3 is 29.8 Å². The molecule has 1 aliphatic heterocycles. The van der Waals surface area contributed by atoms with Crippen LogP contribution in [0.25, 0.3) is 0 Å². The van der Waals surface area contributed by atoms with Crippen LogP contribution < -0.4 is 10.2 Å². The van der Waals surface area contributed by atoms with E-state index in [2.05, 4.69) is 20.3 Å². The van der Waals surface area contributed by atoms with Gasteiger partial charge in [-0.25, -0.2) is 14.8 Å². The Balaban J connectivity index is 1.67. The Hall–Kier alpha value is -2.50. The number of thiazole rings is 1. The fourth-order valence-corrected chi connectivity index (χ4v) is 4.27. The number of aromatic amines is 1. The number of methoxy groups -OCH3 is 2. The number of ether oxygens (including phenoxy) is 2. The summed E-state index contributed by atoms with van der Waals surface area (Å²) in [6.07, 6.45) is 0.371. The summed E-state index contributed by atoms with van der Waals surface area (Å²) in [6.45, 7) is 4.99. The monoisotopic (exact) mass is 423 g/mol. The number of carboxylic acids is 1. The molecule has 29 heavy (non-hydrogen) atoms. The SMILES string of the molecule is COCc1nc(C(=O)N[C@@H]2CCN(c3nc(C)c(C(=O)O)s3)C[C@@H]2OC)[nH]c1C. The Bertz CT molecular complexity index is 895. The van der Waals surface area contributed by atoms with Gasteiger partial charge in [-0.2, -0.15) is 0 Å². The molecule has 0 saturated carbocycles. The lowest BCUT2D eigenvalue weighted by Crippen LogP contribution is -2.55. The third-order valence-corrected chi connectivity index (χ3v) is 6.12. The van der Waals surface area contributed by atoms with E-state index in [-0.39, 0.29) is 28.8 Å². The summed E-state index contributed by atoms with van der Waals surface area (Å²) in [5, 5.41) is 12.9. The van der Waals surface area contributed by atoms with Gasteiger partial charge in [0, 0.05) is 33.0 Å². The average Bonchev–Trinajstić information content (AvgIpc) is 3.25. The number of anilines is 1. The molecule has 1 fully saturated rings. The molecule has 2 aromatic rings. The number of carboxylic acid groups (broad SMARTS) is 1. The van der Waals surface area contributed by atoms with Crippen LogP contribution in [-0.2, 0) is 16.1 Å². The van der Waals surface area contributed by atoms with Gasteiger partial charge in [0.25, 0.3) is 5.91 Å². The number of aryl methyl sites for hydroxylation is 2. The predicted molar refractivity (Wildman–Crippen MR) is 107 cm³/mol. The molecule has 0 aromatic carbocycles. The number of nitrogens with one attached hydrogen (secondary N) is 2. The number of H-pyrrole nitrogens is 1. The quantitative estimate of drug-likeness (QED) is 0.609. The van der Waals surface area contributed by atoms with Crippen LogP contribution in [0.1, 0.15) is 43.8 Å². The molecule has 0 aliphatic carbocycles.